The molecule has 1 aliphatic rings. The Hall–Kier alpha value is -2.60. The van der Waals surface area contributed by atoms with Crippen molar-refractivity contribution in [1.82, 2.24) is 10.2 Å². The van der Waals surface area contributed by atoms with Gasteiger partial charge < -0.3 is 15.0 Å². The SMILES string of the molecule is COc1ccccc1CNC(=O)CN1CCN(c2ccc(F)cc2)CC1. The van der Waals surface area contributed by atoms with Crippen LogP contribution in [0, 0.1) is 5.82 Å². The molecule has 1 N–H and O–H groups in total. The van der Waals surface area contributed by atoms with Crippen molar-refractivity contribution in [2.75, 3.05) is 44.7 Å². The van der Waals surface area contributed by atoms with Crippen molar-refractivity contribution < 1.29 is 13.9 Å². The van der Waals surface area contributed by atoms with Gasteiger partial charge in [0.1, 0.15) is 11.6 Å². The van der Waals surface area contributed by atoms with E-state index in [1.54, 1.807) is 19.2 Å². The fourth-order valence-corrected chi connectivity index (χ4v) is 3.12. The molecular weight excluding hydrogens is 333 g/mol. The Kier molecular flexibility index (Phi) is 6.07. The Morgan fingerprint density at radius 3 is 2.46 bits per heavy atom. The second-order valence-electron chi connectivity index (χ2n) is 6.33. The third-order valence-corrected chi connectivity index (χ3v) is 4.60. The van der Waals surface area contributed by atoms with Gasteiger partial charge in [0.25, 0.3) is 0 Å². The molecule has 26 heavy (non-hydrogen) atoms. The number of piperazine rings is 1. The number of nitrogens with one attached hydrogen (secondary N) is 1. The molecule has 1 fully saturated rings. The molecule has 1 amide bonds. The lowest BCUT2D eigenvalue weighted by atomic mass is 10.2. The third kappa shape index (κ3) is 4.73. The topological polar surface area (TPSA) is 44.8 Å². The molecule has 138 valence electrons. The monoisotopic (exact) mass is 357 g/mol. The second kappa shape index (κ2) is 8.67. The van der Waals surface area contributed by atoms with Gasteiger partial charge in [-0.2, -0.15) is 0 Å². The van der Waals surface area contributed by atoms with Crippen molar-refractivity contribution in [2.24, 2.45) is 0 Å². The van der Waals surface area contributed by atoms with Crippen LogP contribution in [0.3, 0.4) is 0 Å². The van der Waals surface area contributed by atoms with E-state index in [1.807, 2.05) is 24.3 Å². The normalized spacial score (nSPS) is 14.9. The zero-order chi connectivity index (χ0) is 18.4. The van der Waals surface area contributed by atoms with E-state index in [9.17, 15) is 9.18 Å². The highest BCUT2D eigenvalue weighted by Crippen LogP contribution is 2.18. The van der Waals surface area contributed by atoms with Gasteiger partial charge in [-0.15, -0.1) is 0 Å². The lowest BCUT2D eigenvalue weighted by Gasteiger charge is -2.35. The molecular formula is C20H24FN3O2. The lowest BCUT2D eigenvalue weighted by Crippen LogP contribution is -2.49. The first kappa shape index (κ1) is 18.2. The van der Waals surface area contributed by atoms with E-state index in [0.717, 1.165) is 43.2 Å². The molecule has 2 aromatic carbocycles. The van der Waals surface area contributed by atoms with E-state index in [-0.39, 0.29) is 11.7 Å². The predicted molar refractivity (Wildman–Crippen MR) is 99.9 cm³/mol. The molecule has 3 rings (SSSR count). The summed E-state index contributed by atoms with van der Waals surface area (Å²) in [6.07, 6.45) is 0. The van der Waals surface area contributed by atoms with Crippen LogP contribution in [0.25, 0.3) is 0 Å². The Morgan fingerprint density at radius 2 is 1.77 bits per heavy atom. The maximum atomic E-state index is 13.0. The largest absolute Gasteiger partial charge is 0.496 e. The third-order valence-electron chi connectivity index (χ3n) is 4.60. The fraction of sp³-hybridized carbons (Fsp3) is 0.350. The van der Waals surface area contributed by atoms with Gasteiger partial charge in [0.15, 0.2) is 0 Å². The van der Waals surface area contributed by atoms with Crippen molar-refractivity contribution >= 4 is 11.6 Å². The summed E-state index contributed by atoms with van der Waals surface area (Å²) in [6.45, 7) is 4.10. The maximum Gasteiger partial charge on any atom is 0.234 e. The zero-order valence-electron chi connectivity index (χ0n) is 15.0. The van der Waals surface area contributed by atoms with Gasteiger partial charge in [-0.25, -0.2) is 4.39 Å². The van der Waals surface area contributed by atoms with Crippen LogP contribution >= 0.6 is 0 Å². The molecule has 0 aliphatic carbocycles. The highest BCUT2D eigenvalue weighted by molar-refractivity contribution is 5.78. The highest BCUT2D eigenvalue weighted by Gasteiger charge is 2.19. The number of hydrogen-bond donors (Lipinski definition) is 1. The van der Waals surface area contributed by atoms with Crippen molar-refractivity contribution in [3.05, 3.63) is 59.9 Å². The summed E-state index contributed by atoms with van der Waals surface area (Å²) < 4.78 is 18.3. The molecule has 0 spiro atoms. The molecule has 1 saturated heterocycles. The number of nitrogens with zero attached hydrogens (tertiary/aromatic N) is 2. The Morgan fingerprint density at radius 1 is 1.08 bits per heavy atom. The summed E-state index contributed by atoms with van der Waals surface area (Å²) in [7, 11) is 1.63. The maximum absolute atomic E-state index is 13.0. The lowest BCUT2D eigenvalue weighted by molar-refractivity contribution is -0.122. The van der Waals surface area contributed by atoms with E-state index >= 15 is 0 Å². The van der Waals surface area contributed by atoms with Crippen LogP contribution in [-0.2, 0) is 11.3 Å². The first-order valence-electron chi connectivity index (χ1n) is 8.77. The van der Waals surface area contributed by atoms with Gasteiger partial charge in [0, 0.05) is 44.0 Å². The molecule has 0 unspecified atom stereocenters. The molecule has 0 atom stereocenters. The fourth-order valence-electron chi connectivity index (χ4n) is 3.12. The standard InChI is InChI=1S/C20H24FN3O2/c1-26-19-5-3-2-4-16(19)14-22-20(25)15-23-10-12-24(13-11-23)18-8-6-17(21)7-9-18/h2-9H,10-15H2,1H3,(H,22,25). The van der Waals surface area contributed by atoms with E-state index < -0.39 is 0 Å². The number of carbonyl (C=O) groups excluding carboxylic acids is 1. The van der Waals surface area contributed by atoms with Crippen LogP contribution < -0.4 is 15.0 Å². The average Bonchev–Trinajstić information content (AvgIpc) is 2.68. The van der Waals surface area contributed by atoms with E-state index in [4.69, 9.17) is 4.74 Å². The minimum absolute atomic E-state index is 0.00568. The summed E-state index contributed by atoms with van der Waals surface area (Å²) >= 11 is 0. The number of amides is 1. The summed E-state index contributed by atoms with van der Waals surface area (Å²) in [5.74, 6) is 0.561. The average molecular weight is 357 g/mol. The van der Waals surface area contributed by atoms with Crippen LogP contribution in [0.1, 0.15) is 5.56 Å². The summed E-state index contributed by atoms with van der Waals surface area (Å²) in [6, 6.07) is 14.2. The van der Waals surface area contributed by atoms with Crippen LogP contribution in [0.5, 0.6) is 5.75 Å². The summed E-state index contributed by atoms with van der Waals surface area (Å²) in [4.78, 5) is 16.6. The Balaban J connectivity index is 1.44. The number of anilines is 1. The minimum atomic E-state index is -0.223. The van der Waals surface area contributed by atoms with E-state index in [0.29, 0.717) is 13.1 Å². The molecule has 1 heterocycles. The second-order valence-corrected chi connectivity index (χ2v) is 6.33. The molecule has 2 aromatic rings. The highest BCUT2D eigenvalue weighted by atomic mass is 19.1. The molecule has 0 saturated carbocycles. The first-order chi connectivity index (χ1) is 12.7. The molecule has 6 heteroatoms. The number of rotatable bonds is 6. The van der Waals surface area contributed by atoms with Crippen molar-refractivity contribution in [3.63, 3.8) is 0 Å². The first-order valence-corrected chi connectivity index (χ1v) is 8.77. The van der Waals surface area contributed by atoms with Crippen molar-refractivity contribution in [2.45, 2.75) is 6.54 Å². The van der Waals surface area contributed by atoms with Gasteiger partial charge in [-0.1, -0.05) is 18.2 Å². The number of benzene rings is 2. The minimum Gasteiger partial charge on any atom is -0.496 e. The number of ether oxygens (including phenoxy) is 1. The molecule has 0 aromatic heterocycles. The predicted octanol–water partition coefficient (Wildman–Crippen LogP) is 2.27. The molecule has 5 nitrogen and oxygen atoms in total. The molecule has 1 aliphatic heterocycles. The van der Waals surface area contributed by atoms with Gasteiger partial charge >= 0.3 is 0 Å². The van der Waals surface area contributed by atoms with Gasteiger partial charge in [0.05, 0.1) is 13.7 Å². The van der Waals surface area contributed by atoms with Crippen LogP contribution in [-0.4, -0.2) is 50.6 Å². The van der Waals surface area contributed by atoms with Crippen molar-refractivity contribution in [1.29, 1.82) is 0 Å². The van der Waals surface area contributed by atoms with Crippen LogP contribution in [0.4, 0.5) is 10.1 Å². The number of carbonyl (C=O) groups is 1. The Labute approximate surface area is 153 Å². The zero-order valence-corrected chi connectivity index (χ0v) is 15.0. The van der Waals surface area contributed by atoms with E-state index in [2.05, 4.69) is 15.1 Å². The number of halogens is 1. The van der Waals surface area contributed by atoms with Gasteiger partial charge in [-0.05, 0) is 30.3 Å². The summed E-state index contributed by atoms with van der Waals surface area (Å²) in [5, 5.41) is 2.95. The van der Waals surface area contributed by atoms with E-state index in [1.165, 1.54) is 12.1 Å². The van der Waals surface area contributed by atoms with Crippen LogP contribution in [0.15, 0.2) is 48.5 Å². The molecule has 0 radical (unpaired) electrons. The van der Waals surface area contributed by atoms with Gasteiger partial charge in [0.2, 0.25) is 5.91 Å². The molecule has 0 bridgehead atoms. The quantitative estimate of drug-likeness (QED) is 0.862. The van der Waals surface area contributed by atoms with Crippen molar-refractivity contribution in [3.8, 4) is 5.75 Å². The van der Waals surface area contributed by atoms with Gasteiger partial charge in [-0.3, -0.25) is 9.69 Å². The smallest absolute Gasteiger partial charge is 0.234 e. The number of para-hydroxylation sites is 1. The van der Waals surface area contributed by atoms with Crippen LogP contribution in [0.2, 0.25) is 0 Å². The number of hydrogen-bond acceptors (Lipinski definition) is 4. The number of methoxy groups -OCH3 is 1. The Bertz CT molecular complexity index is 728. The summed E-state index contributed by atoms with van der Waals surface area (Å²) in [5.41, 5.74) is 1.98.